The van der Waals surface area contributed by atoms with Gasteiger partial charge in [-0.2, -0.15) is 0 Å². The summed E-state index contributed by atoms with van der Waals surface area (Å²) in [7, 11) is 1.72. The predicted octanol–water partition coefficient (Wildman–Crippen LogP) is 0.136. The van der Waals surface area contributed by atoms with Crippen LogP contribution in [0, 0.1) is 0 Å². The van der Waals surface area contributed by atoms with Crippen molar-refractivity contribution in [2.45, 2.75) is 31.4 Å². The molecule has 0 radical (unpaired) electrons. The van der Waals surface area contributed by atoms with E-state index >= 15 is 0 Å². The Labute approximate surface area is 67.7 Å². The summed E-state index contributed by atoms with van der Waals surface area (Å²) >= 11 is 0. The summed E-state index contributed by atoms with van der Waals surface area (Å²) in [6.07, 6.45) is 2.22. The normalized spacial score (nSPS) is 36.8. The average molecular weight is 159 g/mol. The van der Waals surface area contributed by atoms with Crippen molar-refractivity contribution in [3.63, 3.8) is 0 Å². The quantitative estimate of drug-likeness (QED) is 0.613. The van der Waals surface area contributed by atoms with E-state index in [1.807, 2.05) is 0 Å². The molecule has 0 bridgehead atoms. The smallest absolute Gasteiger partial charge is 0.0615 e. The van der Waals surface area contributed by atoms with Crippen LogP contribution in [0.4, 0.5) is 0 Å². The fourth-order valence-corrected chi connectivity index (χ4v) is 1.68. The van der Waals surface area contributed by atoms with E-state index in [-0.39, 0.29) is 12.1 Å². The van der Waals surface area contributed by atoms with Crippen molar-refractivity contribution >= 4 is 0 Å². The van der Waals surface area contributed by atoms with E-state index in [9.17, 15) is 0 Å². The number of hydrogen-bond donors (Lipinski definition) is 2. The van der Waals surface area contributed by atoms with Crippen LogP contribution in [0.2, 0.25) is 0 Å². The van der Waals surface area contributed by atoms with E-state index in [0.717, 1.165) is 19.4 Å². The van der Waals surface area contributed by atoms with Crippen LogP contribution in [0.1, 0.15) is 19.8 Å². The molecule has 0 spiro atoms. The second kappa shape index (κ2) is 3.52. The van der Waals surface area contributed by atoms with Gasteiger partial charge in [0.1, 0.15) is 0 Å². The molecule has 3 heteroatoms. The van der Waals surface area contributed by atoms with Crippen molar-refractivity contribution in [1.29, 1.82) is 0 Å². The minimum Gasteiger partial charge on any atom is -0.394 e. The van der Waals surface area contributed by atoms with Gasteiger partial charge in [0, 0.05) is 12.6 Å². The van der Waals surface area contributed by atoms with E-state index in [1.165, 1.54) is 0 Å². The number of aliphatic hydroxyl groups is 1. The molecular formula is C8H17NO2. The molecule has 1 aliphatic carbocycles. The predicted molar refractivity (Wildman–Crippen MR) is 43.5 cm³/mol. The summed E-state index contributed by atoms with van der Waals surface area (Å²) < 4.78 is 5.14. The molecular weight excluding hydrogens is 142 g/mol. The van der Waals surface area contributed by atoms with Crippen LogP contribution >= 0.6 is 0 Å². The molecule has 1 aliphatic rings. The molecule has 0 amide bonds. The minimum absolute atomic E-state index is 0.0323. The number of methoxy groups -OCH3 is 1. The Morgan fingerprint density at radius 1 is 1.64 bits per heavy atom. The largest absolute Gasteiger partial charge is 0.394 e. The minimum atomic E-state index is -0.0323. The summed E-state index contributed by atoms with van der Waals surface area (Å²) in [5.74, 6) is 0. The molecule has 1 fully saturated rings. The maximum atomic E-state index is 9.06. The molecule has 66 valence electrons. The molecule has 0 aromatic rings. The second-order valence-corrected chi connectivity index (χ2v) is 3.23. The maximum absolute atomic E-state index is 9.06. The van der Waals surface area contributed by atoms with Gasteiger partial charge in [0.25, 0.3) is 0 Å². The molecule has 11 heavy (non-hydrogen) atoms. The first-order valence-corrected chi connectivity index (χ1v) is 4.15. The summed E-state index contributed by atoms with van der Waals surface area (Å²) in [6.45, 7) is 3.19. The number of ether oxygens (including phenoxy) is 1. The van der Waals surface area contributed by atoms with Crippen LogP contribution in [0.15, 0.2) is 0 Å². The molecule has 0 unspecified atom stereocenters. The Hall–Kier alpha value is -0.120. The van der Waals surface area contributed by atoms with Gasteiger partial charge in [-0.25, -0.2) is 0 Å². The fourth-order valence-electron chi connectivity index (χ4n) is 1.68. The Balaban J connectivity index is 2.30. The molecule has 0 heterocycles. The van der Waals surface area contributed by atoms with Gasteiger partial charge in [0.2, 0.25) is 0 Å². The summed E-state index contributed by atoms with van der Waals surface area (Å²) in [6, 6.07) is 0. The Morgan fingerprint density at radius 2 is 2.27 bits per heavy atom. The van der Waals surface area contributed by atoms with Gasteiger partial charge in [-0.15, -0.1) is 0 Å². The number of hydrogen-bond acceptors (Lipinski definition) is 3. The lowest BCUT2D eigenvalue weighted by Crippen LogP contribution is -2.60. The number of rotatable bonds is 4. The van der Waals surface area contributed by atoms with Crippen molar-refractivity contribution in [2.75, 3.05) is 20.3 Å². The molecule has 0 aromatic heterocycles. The highest BCUT2D eigenvalue weighted by Gasteiger charge is 2.43. The SMILES string of the molecule is CCNC1(CO)CC(OC)C1. The van der Waals surface area contributed by atoms with Crippen LogP contribution in [-0.4, -0.2) is 37.0 Å². The number of likely N-dealkylation sites (N-methyl/N-ethyl adjacent to an activating group) is 1. The van der Waals surface area contributed by atoms with Gasteiger partial charge in [0.15, 0.2) is 0 Å². The molecule has 0 aliphatic heterocycles. The van der Waals surface area contributed by atoms with Crippen LogP contribution in [-0.2, 0) is 4.74 Å². The highest BCUT2D eigenvalue weighted by atomic mass is 16.5. The van der Waals surface area contributed by atoms with E-state index in [2.05, 4.69) is 12.2 Å². The Kier molecular flexibility index (Phi) is 2.87. The van der Waals surface area contributed by atoms with Crippen LogP contribution in [0.5, 0.6) is 0 Å². The van der Waals surface area contributed by atoms with Crippen LogP contribution in [0.25, 0.3) is 0 Å². The van der Waals surface area contributed by atoms with Crippen molar-refractivity contribution in [3.8, 4) is 0 Å². The van der Waals surface area contributed by atoms with E-state index < -0.39 is 0 Å². The molecule has 0 saturated heterocycles. The zero-order chi connectivity index (χ0) is 8.32. The third-order valence-electron chi connectivity index (χ3n) is 2.42. The zero-order valence-corrected chi connectivity index (χ0v) is 7.26. The first-order valence-electron chi connectivity index (χ1n) is 4.15. The van der Waals surface area contributed by atoms with Crippen molar-refractivity contribution < 1.29 is 9.84 Å². The van der Waals surface area contributed by atoms with Gasteiger partial charge in [0.05, 0.1) is 12.7 Å². The number of nitrogens with one attached hydrogen (secondary N) is 1. The lowest BCUT2D eigenvalue weighted by atomic mass is 9.75. The molecule has 0 aromatic carbocycles. The van der Waals surface area contributed by atoms with Crippen molar-refractivity contribution in [1.82, 2.24) is 5.32 Å². The third kappa shape index (κ3) is 1.72. The first-order chi connectivity index (χ1) is 5.26. The van der Waals surface area contributed by atoms with Crippen molar-refractivity contribution in [2.24, 2.45) is 0 Å². The molecule has 1 rings (SSSR count). The summed E-state index contributed by atoms with van der Waals surface area (Å²) in [4.78, 5) is 0. The van der Waals surface area contributed by atoms with E-state index in [0.29, 0.717) is 6.10 Å². The maximum Gasteiger partial charge on any atom is 0.0615 e. The monoisotopic (exact) mass is 159 g/mol. The Morgan fingerprint density at radius 3 is 2.64 bits per heavy atom. The van der Waals surface area contributed by atoms with E-state index in [4.69, 9.17) is 9.84 Å². The van der Waals surface area contributed by atoms with Gasteiger partial charge >= 0.3 is 0 Å². The standard InChI is InChI=1S/C8H17NO2/c1-3-9-8(6-10)4-7(5-8)11-2/h7,9-10H,3-6H2,1-2H3. The molecule has 1 saturated carbocycles. The summed E-state index contributed by atoms with van der Waals surface area (Å²) in [5, 5.41) is 12.3. The Bertz CT molecular complexity index is 121. The van der Waals surface area contributed by atoms with Gasteiger partial charge in [-0.3, -0.25) is 0 Å². The van der Waals surface area contributed by atoms with E-state index in [1.54, 1.807) is 7.11 Å². The average Bonchev–Trinajstić information content (AvgIpc) is 1.96. The highest BCUT2D eigenvalue weighted by Crippen LogP contribution is 2.33. The molecule has 3 nitrogen and oxygen atoms in total. The highest BCUT2D eigenvalue weighted by molar-refractivity contribution is 5.01. The fraction of sp³-hybridized carbons (Fsp3) is 1.00. The summed E-state index contributed by atoms with van der Waals surface area (Å²) in [5.41, 5.74) is -0.0323. The van der Waals surface area contributed by atoms with Crippen molar-refractivity contribution in [3.05, 3.63) is 0 Å². The van der Waals surface area contributed by atoms with Crippen LogP contribution < -0.4 is 5.32 Å². The topological polar surface area (TPSA) is 41.5 Å². The second-order valence-electron chi connectivity index (χ2n) is 3.23. The molecule has 2 N–H and O–H groups in total. The third-order valence-corrected chi connectivity index (χ3v) is 2.42. The lowest BCUT2D eigenvalue weighted by molar-refractivity contribution is -0.0516. The number of aliphatic hydroxyl groups excluding tert-OH is 1. The first kappa shape index (κ1) is 8.97. The van der Waals surface area contributed by atoms with Gasteiger partial charge < -0.3 is 15.2 Å². The molecule has 0 atom stereocenters. The zero-order valence-electron chi connectivity index (χ0n) is 7.26. The van der Waals surface area contributed by atoms with Gasteiger partial charge in [-0.1, -0.05) is 6.92 Å². The van der Waals surface area contributed by atoms with Gasteiger partial charge in [-0.05, 0) is 19.4 Å². The van der Waals surface area contributed by atoms with Crippen LogP contribution in [0.3, 0.4) is 0 Å². The lowest BCUT2D eigenvalue weighted by Gasteiger charge is -2.46.